The Kier molecular flexibility index (Phi) is 5.18. The number of hydrogen-bond acceptors (Lipinski definition) is 4. The Morgan fingerprint density at radius 1 is 1.26 bits per heavy atom. The van der Waals surface area contributed by atoms with Crippen LogP contribution in [0, 0.1) is 6.92 Å². The Morgan fingerprint density at radius 3 is 2.74 bits per heavy atom. The number of nitrogens with zero attached hydrogens (tertiary/aromatic N) is 3. The van der Waals surface area contributed by atoms with Gasteiger partial charge in [0.05, 0.1) is 5.69 Å². The van der Waals surface area contributed by atoms with Gasteiger partial charge in [0.15, 0.2) is 5.16 Å². The summed E-state index contributed by atoms with van der Waals surface area (Å²) in [6.07, 6.45) is 3.75. The van der Waals surface area contributed by atoms with Gasteiger partial charge in [-0.05, 0) is 43.0 Å². The largest absolute Gasteiger partial charge is 0.352 e. The molecule has 1 atom stereocenters. The van der Waals surface area contributed by atoms with Crippen molar-refractivity contribution in [1.82, 2.24) is 20.1 Å². The number of hydrogen-bond donors (Lipinski definition) is 1. The minimum atomic E-state index is -0.393. The van der Waals surface area contributed by atoms with Crippen LogP contribution in [-0.2, 0) is 4.79 Å². The minimum Gasteiger partial charge on any atom is -0.352 e. The molecule has 0 bridgehead atoms. The topological polar surface area (TPSA) is 59.8 Å². The molecule has 0 radical (unpaired) electrons. The molecule has 1 N–H and O–H groups in total. The van der Waals surface area contributed by atoms with Gasteiger partial charge in [0.1, 0.15) is 11.6 Å². The van der Waals surface area contributed by atoms with Crippen LogP contribution in [0.1, 0.15) is 29.2 Å². The van der Waals surface area contributed by atoms with E-state index in [4.69, 9.17) is 11.6 Å². The van der Waals surface area contributed by atoms with Gasteiger partial charge in [-0.2, -0.15) is 0 Å². The third-order valence-electron chi connectivity index (χ3n) is 4.44. The Morgan fingerprint density at radius 2 is 2.04 bits per heavy atom. The highest BCUT2D eigenvalue weighted by molar-refractivity contribution is 8.00. The average molecular weight is 399 g/mol. The van der Waals surface area contributed by atoms with E-state index in [2.05, 4.69) is 15.5 Å². The van der Waals surface area contributed by atoms with Gasteiger partial charge in [0, 0.05) is 11.1 Å². The van der Waals surface area contributed by atoms with Crippen LogP contribution < -0.4 is 5.32 Å². The molecule has 1 saturated carbocycles. The van der Waals surface area contributed by atoms with Crippen molar-refractivity contribution in [2.45, 2.75) is 36.2 Å². The second-order valence-electron chi connectivity index (χ2n) is 6.61. The Balaban J connectivity index is 1.64. The fourth-order valence-corrected chi connectivity index (χ4v) is 3.94. The molecule has 1 heterocycles. The third-order valence-corrected chi connectivity index (χ3v) is 6.06. The summed E-state index contributed by atoms with van der Waals surface area (Å²) >= 11 is 7.67. The number of nitrogens with one attached hydrogen (secondary N) is 1. The van der Waals surface area contributed by atoms with E-state index < -0.39 is 5.25 Å². The Hall–Kier alpha value is -2.31. The van der Waals surface area contributed by atoms with Crippen molar-refractivity contribution >= 4 is 29.3 Å². The van der Waals surface area contributed by atoms with E-state index in [9.17, 15) is 4.79 Å². The van der Waals surface area contributed by atoms with Crippen molar-refractivity contribution < 1.29 is 4.79 Å². The van der Waals surface area contributed by atoms with Crippen LogP contribution >= 0.6 is 23.4 Å². The number of thioether (sulfide) groups is 1. The first-order chi connectivity index (χ1) is 13.1. The van der Waals surface area contributed by atoms with Crippen LogP contribution in [0.4, 0.5) is 0 Å². The van der Waals surface area contributed by atoms with E-state index in [0.717, 1.165) is 29.7 Å². The summed E-state index contributed by atoms with van der Waals surface area (Å²) < 4.78 is 1.86. The van der Waals surface area contributed by atoms with Gasteiger partial charge in [-0.1, -0.05) is 59.8 Å². The summed E-state index contributed by atoms with van der Waals surface area (Å²) in [6.45, 7) is 1.96. The molecule has 138 valence electrons. The van der Waals surface area contributed by atoms with Gasteiger partial charge in [-0.3, -0.25) is 9.36 Å². The lowest BCUT2D eigenvalue weighted by Crippen LogP contribution is -2.29. The van der Waals surface area contributed by atoms with Crippen LogP contribution in [0.25, 0.3) is 5.69 Å². The van der Waals surface area contributed by atoms with E-state index in [0.29, 0.717) is 16.2 Å². The second kappa shape index (κ2) is 7.74. The zero-order valence-corrected chi connectivity index (χ0v) is 16.4. The quantitative estimate of drug-likeness (QED) is 0.627. The molecular formula is C20H19ClN4OS. The van der Waals surface area contributed by atoms with E-state index in [-0.39, 0.29) is 5.91 Å². The SMILES string of the molecule is Cc1ccc(-n2cnnc2SC(C(=O)NC2CC2)c2ccccc2)cc1Cl. The molecule has 4 rings (SSSR count). The van der Waals surface area contributed by atoms with Crippen molar-refractivity contribution in [3.8, 4) is 5.69 Å². The van der Waals surface area contributed by atoms with Crippen LogP contribution in [0.2, 0.25) is 5.02 Å². The number of amides is 1. The summed E-state index contributed by atoms with van der Waals surface area (Å²) in [6, 6.07) is 15.9. The molecule has 3 aromatic rings. The van der Waals surface area contributed by atoms with Gasteiger partial charge in [0.25, 0.3) is 0 Å². The molecule has 0 spiro atoms. The highest BCUT2D eigenvalue weighted by atomic mass is 35.5. The van der Waals surface area contributed by atoms with E-state index >= 15 is 0 Å². The monoisotopic (exact) mass is 398 g/mol. The highest BCUT2D eigenvalue weighted by Gasteiger charge is 2.30. The van der Waals surface area contributed by atoms with E-state index in [1.165, 1.54) is 11.8 Å². The molecule has 1 aliphatic carbocycles. The smallest absolute Gasteiger partial charge is 0.238 e. The first-order valence-electron chi connectivity index (χ1n) is 8.80. The van der Waals surface area contributed by atoms with Crippen molar-refractivity contribution in [1.29, 1.82) is 0 Å². The van der Waals surface area contributed by atoms with Gasteiger partial charge >= 0.3 is 0 Å². The van der Waals surface area contributed by atoms with Gasteiger partial charge in [-0.15, -0.1) is 10.2 Å². The third kappa shape index (κ3) is 4.17. The number of aryl methyl sites for hydroxylation is 1. The summed E-state index contributed by atoms with van der Waals surface area (Å²) in [5.41, 5.74) is 2.82. The Labute approximate surface area is 167 Å². The van der Waals surface area contributed by atoms with Crippen LogP contribution in [0.15, 0.2) is 60.0 Å². The minimum absolute atomic E-state index is 0.00480. The molecule has 1 fully saturated rings. The molecule has 1 aromatic heterocycles. The normalized spacial score (nSPS) is 14.7. The maximum absolute atomic E-state index is 12.9. The number of rotatable bonds is 6. The van der Waals surface area contributed by atoms with Crippen molar-refractivity contribution in [3.63, 3.8) is 0 Å². The fourth-order valence-electron chi connectivity index (χ4n) is 2.72. The Bertz CT molecular complexity index is 956. The van der Waals surface area contributed by atoms with E-state index in [1.807, 2.05) is 60.0 Å². The van der Waals surface area contributed by atoms with Crippen LogP contribution in [0.3, 0.4) is 0 Å². The predicted molar refractivity (Wildman–Crippen MR) is 107 cm³/mol. The number of benzene rings is 2. The maximum atomic E-state index is 12.9. The van der Waals surface area contributed by atoms with Crippen LogP contribution in [0.5, 0.6) is 0 Å². The highest BCUT2D eigenvalue weighted by Crippen LogP contribution is 2.36. The summed E-state index contributed by atoms with van der Waals surface area (Å²) in [5.74, 6) is 0.00480. The molecule has 27 heavy (non-hydrogen) atoms. The van der Waals surface area contributed by atoms with Crippen LogP contribution in [-0.4, -0.2) is 26.7 Å². The zero-order chi connectivity index (χ0) is 18.8. The van der Waals surface area contributed by atoms with Gasteiger partial charge in [0.2, 0.25) is 5.91 Å². The average Bonchev–Trinajstić information content (AvgIpc) is 3.37. The molecule has 1 amide bonds. The lowest BCUT2D eigenvalue weighted by molar-refractivity contribution is -0.120. The van der Waals surface area contributed by atoms with E-state index in [1.54, 1.807) is 6.33 Å². The number of carbonyl (C=O) groups excluding carboxylic acids is 1. The standard InChI is InChI=1S/C20H19ClN4OS/c1-13-7-10-16(11-17(13)21)25-12-22-24-20(25)27-18(14-5-3-2-4-6-14)19(26)23-15-8-9-15/h2-7,10-12,15,18H,8-9H2,1H3,(H,23,26). The number of halogens is 1. The predicted octanol–water partition coefficient (Wildman–Crippen LogP) is 4.34. The molecule has 2 aromatic carbocycles. The van der Waals surface area contributed by atoms with Crippen molar-refractivity contribution in [2.24, 2.45) is 0 Å². The molecule has 1 unspecified atom stereocenters. The number of carbonyl (C=O) groups is 1. The van der Waals surface area contributed by atoms with Crippen molar-refractivity contribution in [3.05, 3.63) is 71.0 Å². The van der Waals surface area contributed by atoms with Gasteiger partial charge in [-0.25, -0.2) is 0 Å². The molecule has 1 aliphatic rings. The summed E-state index contributed by atoms with van der Waals surface area (Å²) in [5, 5.41) is 12.3. The molecular weight excluding hydrogens is 380 g/mol. The lowest BCUT2D eigenvalue weighted by Gasteiger charge is -2.17. The number of aromatic nitrogens is 3. The van der Waals surface area contributed by atoms with Gasteiger partial charge < -0.3 is 5.32 Å². The lowest BCUT2D eigenvalue weighted by atomic mass is 10.1. The summed E-state index contributed by atoms with van der Waals surface area (Å²) in [7, 11) is 0. The summed E-state index contributed by atoms with van der Waals surface area (Å²) in [4.78, 5) is 12.9. The fraction of sp³-hybridized carbons (Fsp3) is 0.250. The van der Waals surface area contributed by atoms with Crippen molar-refractivity contribution in [2.75, 3.05) is 0 Å². The molecule has 7 heteroatoms. The second-order valence-corrected chi connectivity index (χ2v) is 8.09. The maximum Gasteiger partial charge on any atom is 0.238 e. The molecule has 0 aliphatic heterocycles. The molecule has 5 nitrogen and oxygen atoms in total. The first-order valence-corrected chi connectivity index (χ1v) is 10.1. The first kappa shape index (κ1) is 18.1. The molecule has 0 saturated heterocycles. The zero-order valence-electron chi connectivity index (χ0n) is 14.8.